The minimum Gasteiger partial charge on any atom is -0.142 e. The average molecular weight is 300 g/mol. The van der Waals surface area contributed by atoms with Gasteiger partial charge in [-0.25, -0.2) is 0 Å². The lowest BCUT2D eigenvalue weighted by atomic mass is 10.1. The van der Waals surface area contributed by atoms with E-state index in [2.05, 4.69) is 87.6 Å². The van der Waals surface area contributed by atoms with Crippen molar-refractivity contribution in [3.05, 3.63) is 70.8 Å². The van der Waals surface area contributed by atoms with Gasteiger partial charge in [-0.15, -0.1) is 25.3 Å². The van der Waals surface area contributed by atoms with Gasteiger partial charge in [0.15, 0.2) is 0 Å². The molecule has 0 radical (unpaired) electrons. The molecule has 0 amide bonds. The summed E-state index contributed by atoms with van der Waals surface area (Å²) in [6.45, 7) is 4.32. The van der Waals surface area contributed by atoms with Crippen molar-refractivity contribution < 1.29 is 0 Å². The second kappa shape index (κ2) is 7.05. The Hall–Kier alpha value is -1.12. The molecule has 0 N–H and O–H groups in total. The van der Waals surface area contributed by atoms with Gasteiger partial charge in [-0.2, -0.15) is 0 Å². The quantitative estimate of drug-likeness (QED) is 0.541. The summed E-state index contributed by atoms with van der Waals surface area (Å²) in [6.07, 6.45) is 2.11. The van der Waals surface area contributed by atoms with E-state index >= 15 is 0 Å². The van der Waals surface area contributed by atoms with Gasteiger partial charge in [0.1, 0.15) is 0 Å². The van der Waals surface area contributed by atoms with Crippen LogP contribution in [-0.4, -0.2) is 0 Å². The zero-order chi connectivity index (χ0) is 14.5. The first kappa shape index (κ1) is 15.3. The Kier molecular flexibility index (Phi) is 5.38. The smallest absolute Gasteiger partial charge is 0.0253 e. The van der Waals surface area contributed by atoms with Crippen LogP contribution < -0.4 is 0 Å². The van der Waals surface area contributed by atoms with Gasteiger partial charge >= 0.3 is 0 Å². The molecule has 0 fully saturated rings. The van der Waals surface area contributed by atoms with Crippen molar-refractivity contribution in [1.82, 2.24) is 0 Å². The van der Waals surface area contributed by atoms with Crippen molar-refractivity contribution in [3.63, 3.8) is 0 Å². The van der Waals surface area contributed by atoms with Gasteiger partial charge in [0.25, 0.3) is 0 Å². The fourth-order valence-corrected chi connectivity index (χ4v) is 2.63. The summed E-state index contributed by atoms with van der Waals surface area (Å²) in [7, 11) is 0. The number of rotatable bonds is 4. The van der Waals surface area contributed by atoms with Crippen LogP contribution in [-0.2, 0) is 12.8 Å². The molecule has 0 aliphatic carbocycles. The minimum atomic E-state index is 0.917. The van der Waals surface area contributed by atoms with Gasteiger partial charge in [0.05, 0.1) is 0 Å². The third kappa shape index (κ3) is 3.50. The molecule has 0 spiro atoms. The van der Waals surface area contributed by atoms with Crippen LogP contribution >= 0.6 is 25.3 Å². The fourth-order valence-electron chi connectivity index (χ4n) is 2.07. The maximum Gasteiger partial charge on any atom is 0.0253 e. The SMILES string of the molecule is CCc1ccc(C(S)=C(S)c2ccc(CC)cc2)cc1. The van der Waals surface area contributed by atoms with Crippen LogP contribution in [0.1, 0.15) is 36.1 Å². The molecule has 0 unspecified atom stereocenters. The highest BCUT2D eigenvalue weighted by atomic mass is 32.1. The van der Waals surface area contributed by atoms with Crippen LogP contribution in [0.25, 0.3) is 9.81 Å². The molecule has 0 aliphatic heterocycles. The van der Waals surface area contributed by atoms with Gasteiger partial charge in [0.2, 0.25) is 0 Å². The molecule has 0 bridgehead atoms. The van der Waals surface area contributed by atoms with Crippen LogP contribution in [0.2, 0.25) is 0 Å². The molecule has 2 aromatic rings. The summed E-state index contributed by atoms with van der Waals surface area (Å²) in [5, 5.41) is 0. The first-order chi connectivity index (χ1) is 9.65. The Balaban J connectivity index is 2.32. The highest BCUT2D eigenvalue weighted by Crippen LogP contribution is 2.32. The maximum atomic E-state index is 4.64. The molecule has 0 aromatic heterocycles. The third-order valence-corrected chi connectivity index (χ3v) is 4.64. The standard InChI is InChI=1S/C18H20S2/c1-3-13-5-9-15(10-6-13)17(19)18(20)16-11-7-14(4-2)8-12-16/h5-12,19-20H,3-4H2,1-2H3. The van der Waals surface area contributed by atoms with E-state index in [1.807, 2.05) is 0 Å². The van der Waals surface area contributed by atoms with Crippen molar-refractivity contribution in [2.24, 2.45) is 0 Å². The fraction of sp³-hybridized carbons (Fsp3) is 0.222. The van der Waals surface area contributed by atoms with Crippen LogP contribution in [0.15, 0.2) is 48.5 Å². The van der Waals surface area contributed by atoms with Gasteiger partial charge in [0, 0.05) is 9.81 Å². The van der Waals surface area contributed by atoms with E-state index in [1.165, 1.54) is 11.1 Å². The van der Waals surface area contributed by atoms with Crippen LogP contribution in [0, 0.1) is 0 Å². The van der Waals surface area contributed by atoms with Gasteiger partial charge < -0.3 is 0 Å². The Morgan fingerprint density at radius 3 is 1.20 bits per heavy atom. The van der Waals surface area contributed by atoms with Crippen molar-refractivity contribution in [3.8, 4) is 0 Å². The van der Waals surface area contributed by atoms with Gasteiger partial charge in [-0.1, -0.05) is 62.4 Å². The van der Waals surface area contributed by atoms with Crippen molar-refractivity contribution in [1.29, 1.82) is 0 Å². The maximum absolute atomic E-state index is 4.64. The molecule has 104 valence electrons. The van der Waals surface area contributed by atoms with Crippen LogP contribution in [0.3, 0.4) is 0 Å². The van der Waals surface area contributed by atoms with Crippen LogP contribution in [0.5, 0.6) is 0 Å². The first-order valence-corrected chi connectivity index (χ1v) is 7.86. The Bertz CT molecular complexity index is 537. The second-order valence-corrected chi connectivity index (χ2v) is 5.69. The Morgan fingerprint density at radius 2 is 0.950 bits per heavy atom. The molecule has 0 atom stereocenters. The van der Waals surface area contributed by atoms with Crippen LogP contribution in [0.4, 0.5) is 0 Å². The Labute approximate surface area is 132 Å². The zero-order valence-corrected chi connectivity index (χ0v) is 13.7. The highest BCUT2D eigenvalue weighted by molar-refractivity contribution is 7.96. The van der Waals surface area contributed by atoms with E-state index in [0.29, 0.717) is 0 Å². The summed E-state index contributed by atoms with van der Waals surface area (Å²) in [4.78, 5) is 1.83. The average Bonchev–Trinajstić information content (AvgIpc) is 2.53. The molecular weight excluding hydrogens is 280 g/mol. The van der Waals surface area contributed by atoms with Crippen molar-refractivity contribution >= 4 is 35.1 Å². The second-order valence-electron chi connectivity index (χ2n) is 4.80. The van der Waals surface area contributed by atoms with Crippen molar-refractivity contribution in [2.45, 2.75) is 26.7 Å². The van der Waals surface area contributed by atoms with E-state index in [1.54, 1.807) is 0 Å². The molecule has 0 heterocycles. The van der Waals surface area contributed by atoms with Gasteiger partial charge in [-0.3, -0.25) is 0 Å². The van der Waals surface area contributed by atoms with E-state index in [-0.39, 0.29) is 0 Å². The number of benzene rings is 2. The molecule has 0 saturated heterocycles. The summed E-state index contributed by atoms with van der Waals surface area (Å²) in [5.41, 5.74) is 4.89. The largest absolute Gasteiger partial charge is 0.142 e. The molecule has 0 aliphatic rings. The predicted molar refractivity (Wildman–Crippen MR) is 96.4 cm³/mol. The lowest BCUT2D eigenvalue weighted by Gasteiger charge is -2.08. The lowest BCUT2D eigenvalue weighted by Crippen LogP contribution is -1.86. The summed E-state index contributed by atoms with van der Waals surface area (Å²) in [6, 6.07) is 17.0. The van der Waals surface area contributed by atoms with E-state index in [0.717, 1.165) is 33.8 Å². The lowest BCUT2D eigenvalue weighted by molar-refractivity contribution is 1.14. The monoisotopic (exact) mass is 300 g/mol. The first-order valence-electron chi connectivity index (χ1n) is 6.96. The molecule has 0 saturated carbocycles. The summed E-state index contributed by atoms with van der Waals surface area (Å²) < 4.78 is 0. The molecule has 2 aromatic carbocycles. The normalized spacial score (nSPS) is 12.2. The number of aryl methyl sites for hydroxylation is 2. The van der Waals surface area contributed by atoms with Gasteiger partial charge in [-0.05, 0) is 35.1 Å². The topological polar surface area (TPSA) is 0 Å². The number of hydrogen-bond donors (Lipinski definition) is 2. The predicted octanol–water partition coefficient (Wildman–Crippen LogP) is 5.50. The third-order valence-electron chi connectivity index (χ3n) is 3.50. The molecule has 0 nitrogen and oxygen atoms in total. The number of thiol groups is 2. The molecule has 20 heavy (non-hydrogen) atoms. The molecule has 2 rings (SSSR count). The summed E-state index contributed by atoms with van der Waals surface area (Å²) in [5.74, 6) is 0. The molecule has 2 heteroatoms. The van der Waals surface area contributed by atoms with Crippen molar-refractivity contribution in [2.75, 3.05) is 0 Å². The Morgan fingerprint density at radius 1 is 0.650 bits per heavy atom. The van der Waals surface area contributed by atoms with E-state index in [4.69, 9.17) is 0 Å². The molecular formula is C18H20S2. The zero-order valence-electron chi connectivity index (χ0n) is 11.9. The van der Waals surface area contributed by atoms with E-state index in [9.17, 15) is 0 Å². The summed E-state index contributed by atoms with van der Waals surface area (Å²) >= 11 is 9.28. The highest BCUT2D eigenvalue weighted by Gasteiger charge is 2.05. The van der Waals surface area contributed by atoms with E-state index < -0.39 is 0 Å². The number of hydrogen-bond acceptors (Lipinski definition) is 2. The minimum absolute atomic E-state index is 0.917.